The zero-order valence-electron chi connectivity index (χ0n) is 13.7. The highest BCUT2D eigenvalue weighted by atomic mass is 32.2. The highest BCUT2D eigenvalue weighted by Crippen LogP contribution is 2.21. The number of halogens is 2. The van der Waals surface area contributed by atoms with Crippen molar-refractivity contribution in [3.8, 4) is 5.75 Å². The van der Waals surface area contributed by atoms with Crippen molar-refractivity contribution in [1.82, 2.24) is 4.72 Å². The maximum atomic E-state index is 13.4. The monoisotopic (exact) mass is 355 g/mol. The van der Waals surface area contributed by atoms with Gasteiger partial charge in [0.25, 0.3) is 0 Å². The molecule has 0 atom stereocenters. The van der Waals surface area contributed by atoms with Gasteiger partial charge in [-0.1, -0.05) is 17.7 Å². The van der Waals surface area contributed by atoms with Crippen molar-refractivity contribution < 1.29 is 21.9 Å². The highest BCUT2D eigenvalue weighted by molar-refractivity contribution is 7.89. The molecule has 0 heterocycles. The molecule has 0 saturated carbocycles. The van der Waals surface area contributed by atoms with Gasteiger partial charge in [0.15, 0.2) is 11.6 Å². The summed E-state index contributed by atoms with van der Waals surface area (Å²) in [5.74, 6) is -1.66. The van der Waals surface area contributed by atoms with Crippen LogP contribution in [0.15, 0.2) is 35.2 Å². The van der Waals surface area contributed by atoms with Gasteiger partial charge in [-0.15, -0.1) is 0 Å². The lowest BCUT2D eigenvalue weighted by molar-refractivity contribution is 0.305. The summed E-state index contributed by atoms with van der Waals surface area (Å²) in [5.41, 5.74) is 2.30. The van der Waals surface area contributed by atoms with E-state index in [2.05, 4.69) is 4.72 Å². The second-order valence-electron chi connectivity index (χ2n) is 5.55. The van der Waals surface area contributed by atoms with Crippen molar-refractivity contribution >= 4 is 10.0 Å². The van der Waals surface area contributed by atoms with Gasteiger partial charge in [-0.25, -0.2) is 21.9 Å². The first-order valence-corrected chi connectivity index (χ1v) is 8.84. The molecule has 0 aliphatic rings. The Morgan fingerprint density at radius 2 is 1.67 bits per heavy atom. The minimum Gasteiger partial charge on any atom is -0.489 e. The van der Waals surface area contributed by atoms with Gasteiger partial charge in [0.1, 0.15) is 12.4 Å². The Balaban J connectivity index is 2.01. The minimum atomic E-state index is -3.69. The molecule has 2 rings (SSSR count). The average molecular weight is 355 g/mol. The van der Waals surface area contributed by atoms with E-state index in [1.807, 2.05) is 6.92 Å². The van der Waals surface area contributed by atoms with Gasteiger partial charge in [0.05, 0.1) is 4.90 Å². The number of hydrogen-bond donors (Lipinski definition) is 1. The first kappa shape index (κ1) is 18.4. The van der Waals surface area contributed by atoms with E-state index in [1.165, 1.54) is 0 Å². The van der Waals surface area contributed by atoms with Gasteiger partial charge in [-0.05, 0) is 44.0 Å². The lowest BCUT2D eigenvalue weighted by Crippen LogP contribution is -2.29. The van der Waals surface area contributed by atoms with Gasteiger partial charge in [-0.2, -0.15) is 0 Å². The second kappa shape index (κ2) is 7.27. The Kier molecular flexibility index (Phi) is 5.56. The normalized spacial score (nSPS) is 11.5. The third kappa shape index (κ3) is 4.30. The molecule has 0 fully saturated rings. The van der Waals surface area contributed by atoms with E-state index in [1.54, 1.807) is 26.0 Å². The Labute approximate surface area is 140 Å². The van der Waals surface area contributed by atoms with Crippen molar-refractivity contribution in [1.29, 1.82) is 0 Å². The first-order valence-electron chi connectivity index (χ1n) is 7.36. The van der Waals surface area contributed by atoms with E-state index in [4.69, 9.17) is 4.74 Å². The zero-order chi connectivity index (χ0) is 17.9. The van der Waals surface area contributed by atoms with E-state index in [-0.39, 0.29) is 23.8 Å². The zero-order valence-corrected chi connectivity index (χ0v) is 14.5. The standard InChI is InChI=1S/C17H19F2NO3S/c1-11-8-12(2)17(13(3)9-11)24(21,22)20-6-7-23-16-5-4-14(18)10-15(16)19/h4-5,8-10,20H,6-7H2,1-3H3. The Morgan fingerprint density at radius 3 is 2.25 bits per heavy atom. The summed E-state index contributed by atoms with van der Waals surface area (Å²) in [6.45, 7) is 5.25. The van der Waals surface area contributed by atoms with Crippen molar-refractivity contribution in [2.24, 2.45) is 0 Å². The van der Waals surface area contributed by atoms with Gasteiger partial charge < -0.3 is 4.74 Å². The lowest BCUT2D eigenvalue weighted by atomic mass is 10.1. The predicted molar refractivity (Wildman–Crippen MR) is 87.7 cm³/mol. The van der Waals surface area contributed by atoms with E-state index in [0.717, 1.165) is 17.7 Å². The van der Waals surface area contributed by atoms with Crippen LogP contribution in [0.2, 0.25) is 0 Å². The number of nitrogens with one attached hydrogen (secondary N) is 1. The number of aryl methyl sites for hydroxylation is 3. The summed E-state index contributed by atoms with van der Waals surface area (Å²) < 4.78 is 58.6. The molecule has 24 heavy (non-hydrogen) atoms. The molecule has 0 aliphatic carbocycles. The molecule has 0 unspecified atom stereocenters. The van der Waals surface area contributed by atoms with Crippen LogP contribution in [0, 0.1) is 32.4 Å². The minimum absolute atomic E-state index is 0.0358. The number of ether oxygens (including phenoxy) is 1. The van der Waals surface area contributed by atoms with Crippen LogP contribution in [-0.4, -0.2) is 21.6 Å². The second-order valence-corrected chi connectivity index (χ2v) is 7.25. The molecule has 130 valence electrons. The molecule has 4 nitrogen and oxygen atoms in total. The van der Waals surface area contributed by atoms with E-state index in [9.17, 15) is 17.2 Å². The largest absolute Gasteiger partial charge is 0.489 e. The van der Waals surface area contributed by atoms with Crippen LogP contribution in [0.3, 0.4) is 0 Å². The molecule has 0 amide bonds. The summed E-state index contributed by atoms with van der Waals surface area (Å²) in [7, 11) is -3.69. The van der Waals surface area contributed by atoms with Crippen LogP contribution in [0.4, 0.5) is 8.78 Å². The molecule has 0 spiro atoms. The Hall–Kier alpha value is -1.99. The molecule has 2 aromatic rings. The molecule has 7 heteroatoms. The van der Waals surface area contributed by atoms with E-state index >= 15 is 0 Å². The molecule has 0 bridgehead atoms. The van der Waals surface area contributed by atoms with Gasteiger partial charge in [-0.3, -0.25) is 0 Å². The van der Waals surface area contributed by atoms with Crippen LogP contribution in [0.1, 0.15) is 16.7 Å². The smallest absolute Gasteiger partial charge is 0.241 e. The molecule has 2 aromatic carbocycles. The number of hydrogen-bond acceptors (Lipinski definition) is 3. The molecule has 0 saturated heterocycles. The fourth-order valence-corrected chi connectivity index (χ4v) is 4.05. The molecule has 0 aromatic heterocycles. The van der Waals surface area contributed by atoms with Crippen LogP contribution in [0.25, 0.3) is 0 Å². The fraction of sp³-hybridized carbons (Fsp3) is 0.294. The first-order chi connectivity index (χ1) is 11.2. The number of rotatable bonds is 6. The topological polar surface area (TPSA) is 55.4 Å². The van der Waals surface area contributed by atoms with E-state index in [0.29, 0.717) is 17.2 Å². The lowest BCUT2D eigenvalue weighted by Gasteiger charge is -2.13. The number of benzene rings is 2. The van der Waals surface area contributed by atoms with Crippen LogP contribution < -0.4 is 9.46 Å². The summed E-state index contributed by atoms with van der Waals surface area (Å²) >= 11 is 0. The molecule has 0 radical (unpaired) electrons. The summed E-state index contributed by atoms with van der Waals surface area (Å²) in [6, 6.07) is 6.53. The summed E-state index contributed by atoms with van der Waals surface area (Å²) in [6.07, 6.45) is 0. The summed E-state index contributed by atoms with van der Waals surface area (Å²) in [5, 5.41) is 0. The molecule has 0 aliphatic heterocycles. The van der Waals surface area contributed by atoms with E-state index < -0.39 is 21.7 Å². The fourth-order valence-electron chi connectivity index (χ4n) is 2.59. The SMILES string of the molecule is Cc1cc(C)c(S(=O)(=O)NCCOc2ccc(F)cc2F)c(C)c1. The van der Waals surface area contributed by atoms with Gasteiger partial charge in [0, 0.05) is 12.6 Å². The van der Waals surface area contributed by atoms with Crippen molar-refractivity contribution in [2.45, 2.75) is 25.7 Å². The molecular formula is C17H19F2NO3S. The third-order valence-corrected chi connectivity index (χ3v) is 5.18. The van der Waals surface area contributed by atoms with Crippen LogP contribution in [0.5, 0.6) is 5.75 Å². The Bertz CT molecular complexity index is 828. The van der Waals surface area contributed by atoms with Crippen LogP contribution >= 0.6 is 0 Å². The summed E-state index contributed by atoms with van der Waals surface area (Å²) in [4.78, 5) is 0.237. The Morgan fingerprint density at radius 1 is 1.04 bits per heavy atom. The van der Waals surface area contributed by atoms with Crippen molar-refractivity contribution in [2.75, 3.05) is 13.2 Å². The molecule has 1 N–H and O–H groups in total. The quantitative estimate of drug-likeness (QED) is 0.810. The number of sulfonamides is 1. The van der Waals surface area contributed by atoms with Gasteiger partial charge in [0.2, 0.25) is 10.0 Å². The van der Waals surface area contributed by atoms with Gasteiger partial charge >= 0.3 is 0 Å². The maximum Gasteiger partial charge on any atom is 0.241 e. The molecular weight excluding hydrogens is 336 g/mol. The predicted octanol–water partition coefficient (Wildman–Crippen LogP) is 3.25. The third-order valence-electron chi connectivity index (χ3n) is 3.42. The van der Waals surface area contributed by atoms with Crippen molar-refractivity contribution in [3.63, 3.8) is 0 Å². The maximum absolute atomic E-state index is 13.4. The highest BCUT2D eigenvalue weighted by Gasteiger charge is 2.19. The average Bonchev–Trinajstić information content (AvgIpc) is 2.43. The van der Waals surface area contributed by atoms with Crippen molar-refractivity contribution in [3.05, 3.63) is 58.7 Å². The van der Waals surface area contributed by atoms with Crippen LogP contribution in [-0.2, 0) is 10.0 Å².